The Balaban J connectivity index is 1.82. The molecular weight excluding hydrogens is 218 g/mol. The van der Waals surface area contributed by atoms with Crippen molar-refractivity contribution in [1.29, 1.82) is 0 Å². The number of nitrogens with two attached hydrogens (primary N) is 1. The van der Waals surface area contributed by atoms with Crippen molar-refractivity contribution in [3.8, 4) is 0 Å². The van der Waals surface area contributed by atoms with Gasteiger partial charge in [0.25, 0.3) is 0 Å². The van der Waals surface area contributed by atoms with Gasteiger partial charge >= 0.3 is 0 Å². The summed E-state index contributed by atoms with van der Waals surface area (Å²) in [5, 5.41) is 0. The number of hydrogen-bond acceptors (Lipinski definition) is 5. The zero-order valence-electron chi connectivity index (χ0n) is 9.93. The minimum atomic E-state index is -0.219. The molecule has 0 bridgehead atoms. The molecule has 17 heavy (non-hydrogen) atoms. The molecule has 0 aromatic heterocycles. The Morgan fingerprint density at radius 1 is 1.41 bits per heavy atom. The van der Waals surface area contributed by atoms with Gasteiger partial charge in [0.2, 0.25) is 5.90 Å². The maximum absolute atomic E-state index is 5.57. The summed E-state index contributed by atoms with van der Waals surface area (Å²) in [7, 11) is 1.69. The predicted molar refractivity (Wildman–Crippen MR) is 67.1 cm³/mol. The van der Waals surface area contributed by atoms with Crippen LogP contribution in [-0.4, -0.2) is 38.5 Å². The van der Waals surface area contributed by atoms with Crippen LogP contribution in [0.4, 0.5) is 0 Å². The van der Waals surface area contributed by atoms with Gasteiger partial charge in [-0.3, -0.25) is 4.99 Å². The molecule has 1 aliphatic carbocycles. The Morgan fingerprint density at radius 3 is 2.88 bits per heavy atom. The first-order valence-corrected chi connectivity index (χ1v) is 5.66. The molecule has 2 rings (SSSR count). The fraction of sp³-hybridized carbons (Fsp3) is 0.500. The van der Waals surface area contributed by atoms with E-state index >= 15 is 0 Å². The Morgan fingerprint density at radius 2 is 2.29 bits per heavy atom. The average molecular weight is 235 g/mol. The van der Waals surface area contributed by atoms with E-state index in [0.717, 1.165) is 18.6 Å². The van der Waals surface area contributed by atoms with E-state index in [4.69, 9.17) is 15.2 Å². The summed E-state index contributed by atoms with van der Waals surface area (Å²) in [6.45, 7) is 1.05. The molecule has 0 aromatic rings. The molecule has 0 radical (unpaired) electrons. The third-order valence-electron chi connectivity index (χ3n) is 2.68. The third-order valence-corrected chi connectivity index (χ3v) is 2.68. The van der Waals surface area contributed by atoms with Crippen LogP contribution >= 0.6 is 0 Å². The van der Waals surface area contributed by atoms with E-state index in [0.29, 0.717) is 19.0 Å². The Bertz CT molecular complexity index is 397. The smallest absolute Gasteiger partial charge is 0.227 e. The second-order valence-corrected chi connectivity index (χ2v) is 3.98. The highest BCUT2D eigenvalue weighted by Gasteiger charge is 2.10. The predicted octanol–water partition coefficient (Wildman–Crippen LogP) is 1.02. The molecule has 5 nitrogen and oxygen atoms in total. The van der Waals surface area contributed by atoms with Crippen LogP contribution in [0.5, 0.6) is 0 Å². The van der Waals surface area contributed by atoms with Gasteiger partial charge in [0.1, 0.15) is 12.8 Å². The number of aliphatic imine (C=N–C) groups is 2. The van der Waals surface area contributed by atoms with Gasteiger partial charge in [-0.05, 0) is 18.1 Å². The van der Waals surface area contributed by atoms with E-state index < -0.39 is 0 Å². The molecule has 0 spiro atoms. The number of allylic oxidation sites excluding steroid dienone is 3. The molecule has 5 heteroatoms. The SMILES string of the molecule is COC1=CC=C(COC2=NCC(N)N=C2)CC1. The third kappa shape index (κ3) is 3.42. The molecule has 2 N–H and O–H groups in total. The summed E-state index contributed by atoms with van der Waals surface area (Å²) in [6, 6.07) is 0. The van der Waals surface area contributed by atoms with E-state index in [1.54, 1.807) is 13.3 Å². The van der Waals surface area contributed by atoms with Gasteiger partial charge in [-0.25, -0.2) is 4.99 Å². The molecule has 0 fully saturated rings. The van der Waals surface area contributed by atoms with Gasteiger partial charge in [0, 0.05) is 6.42 Å². The lowest BCUT2D eigenvalue weighted by Gasteiger charge is -2.16. The second kappa shape index (κ2) is 5.63. The van der Waals surface area contributed by atoms with Crippen LogP contribution in [0.2, 0.25) is 0 Å². The minimum absolute atomic E-state index is 0.219. The summed E-state index contributed by atoms with van der Waals surface area (Å²) in [5.74, 6) is 1.57. The fourth-order valence-corrected chi connectivity index (χ4v) is 1.63. The van der Waals surface area contributed by atoms with Crippen LogP contribution in [0.3, 0.4) is 0 Å². The monoisotopic (exact) mass is 235 g/mol. The molecule has 1 unspecified atom stereocenters. The molecule has 92 valence electrons. The molecule has 0 amide bonds. The lowest BCUT2D eigenvalue weighted by atomic mass is 10.0. The summed E-state index contributed by atoms with van der Waals surface area (Å²) in [6.07, 6.45) is 7.28. The highest BCUT2D eigenvalue weighted by Crippen LogP contribution is 2.18. The van der Waals surface area contributed by atoms with Crippen LogP contribution in [0.15, 0.2) is 33.5 Å². The summed E-state index contributed by atoms with van der Waals surface area (Å²) < 4.78 is 10.7. The lowest BCUT2D eigenvalue weighted by molar-refractivity contribution is 0.271. The first kappa shape index (κ1) is 11.9. The maximum atomic E-state index is 5.57. The highest BCUT2D eigenvalue weighted by atomic mass is 16.5. The van der Waals surface area contributed by atoms with Crippen molar-refractivity contribution >= 4 is 12.1 Å². The van der Waals surface area contributed by atoms with E-state index in [1.165, 1.54) is 5.57 Å². The van der Waals surface area contributed by atoms with Crippen LogP contribution in [0.25, 0.3) is 0 Å². The van der Waals surface area contributed by atoms with Crippen molar-refractivity contribution < 1.29 is 9.47 Å². The lowest BCUT2D eigenvalue weighted by Crippen LogP contribution is -2.27. The van der Waals surface area contributed by atoms with Crippen molar-refractivity contribution in [3.63, 3.8) is 0 Å². The minimum Gasteiger partial charge on any atom is -0.501 e. The molecule has 1 heterocycles. The van der Waals surface area contributed by atoms with E-state index in [1.807, 2.05) is 12.2 Å². The summed E-state index contributed by atoms with van der Waals surface area (Å²) >= 11 is 0. The molecule has 2 aliphatic rings. The molecule has 1 aliphatic heterocycles. The summed E-state index contributed by atoms with van der Waals surface area (Å²) in [5.41, 5.74) is 6.81. The zero-order valence-corrected chi connectivity index (χ0v) is 9.93. The topological polar surface area (TPSA) is 69.2 Å². The number of nitrogens with zero attached hydrogens (tertiary/aromatic N) is 2. The Labute approximate surface area is 101 Å². The highest BCUT2D eigenvalue weighted by molar-refractivity contribution is 6.26. The van der Waals surface area contributed by atoms with Crippen LogP contribution in [-0.2, 0) is 9.47 Å². The van der Waals surface area contributed by atoms with E-state index in [2.05, 4.69) is 9.98 Å². The quantitative estimate of drug-likeness (QED) is 0.794. The fourth-order valence-electron chi connectivity index (χ4n) is 1.63. The van der Waals surface area contributed by atoms with E-state index in [-0.39, 0.29) is 6.17 Å². The number of rotatable bonds is 3. The largest absolute Gasteiger partial charge is 0.501 e. The van der Waals surface area contributed by atoms with Crippen LogP contribution in [0.1, 0.15) is 12.8 Å². The Kier molecular flexibility index (Phi) is 3.93. The molecule has 1 atom stereocenters. The zero-order chi connectivity index (χ0) is 12.1. The van der Waals surface area contributed by atoms with Crippen molar-refractivity contribution in [2.24, 2.45) is 15.7 Å². The molecule has 0 saturated heterocycles. The number of ether oxygens (including phenoxy) is 2. The summed E-state index contributed by atoms with van der Waals surface area (Å²) in [4.78, 5) is 8.22. The van der Waals surface area contributed by atoms with Crippen LogP contribution in [0, 0.1) is 0 Å². The Hall–Kier alpha value is -1.62. The standard InChI is InChI=1S/C12H17N3O2/c1-16-10-4-2-9(3-5-10)8-17-12-7-14-11(13)6-15-12/h2,4,7,11H,3,5-6,8,13H2,1H3. The first-order chi connectivity index (χ1) is 8.28. The molecule has 0 saturated carbocycles. The van der Waals surface area contributed by atoms with Crippen LogP contribution < -0.4 is 5.73 Å². The normalized spacial score (nSPS) is 23.6. The first-order valence-electron chi connectivity index (χ1n) is 5.66. The van der Waals surface area contributed by atoms with Gasteiger partial charge in [-0.15, -0.1) is 0 Å². The van der Waals surface area contributed by atoms with Gasteiger partial charge in [-0.2, -0.15) is 0 Å². The van der Waals surface area contributed by atoms with Gasteiger partial charge in [-0.1, -0.05) is 6.08 Å². The van der Waals surface area contributed by atoms with Crippen molar-refractivity contribution in [2.75, 3.05) is 20.3 Å². The van der Waals surface area contributed by atoms with Crippen molar-refractivity contribution in [2.45, 2.75) is 19.0 Å². The van der Waals surface area contributed by atoms with Crippen molar-refractivity contribution in [3.05, 3.63) is 23.5 Å². The van der Waals surface area contributed by atoms with Gasteiger partial charge in [0.05, 0.1) is 25.6 Å². The van der Waals surface area contributed by atoms with Gasteiger partial charge in [0.15, 0.2) is 0 Å². The molecule has 0 aromatic carbocycles. The number of methoxy groups -OCH3 is 1. The second-order valence-electron chi connectivity index (χ2n) is 3.98. The van der Waals surface area contributed by atoms with E-state index in [9.17, 15) is 0 Å². The number of hydrogen-bond donors (Lipinski definition) is 1. The van der Waals surface area contributed by atoms with Crippen molar-refractivity contribution in [1.82, 2.24) is 0 Å². The average Bonchev–Trinajstić information content (AvgIpc) is 2.39. The molecular formula is C12H17N3O2. The maximum Gasteiger partial charge on any atom is 0.227 e. The van der Waals surface area contributed by atoms with Gasteiger partial charge < -0.3 is 15.2 Å².